The van der Waals surface area contributed by atoms with Crippen LogP contribution in [0.3, 0.4) is 0 Å². The highest BCUT2D eigenvalue weighted by Gasteiger charge is 2.39. The number of carbonyl (C=O) groups is 1. The minimum absolute atomic E-state index is 0.0224. The van der Waals surface area contributed by atoms with Crippen LogP contribution in [0.15, 0.2) is 41.4 Å². The number of amides is 1. The first kappa shape index (κ1) is 16.2. The zero-order valence-electron chi connectivity index (χ0n) is 13.6. The summed E-state index contributed by atoms with van der Waals surface area (Å²) in [4.78, 5) is 20.4. The smallest absolute Gasteiger partial charge is 0.231 e. The SMILES string of the molecule is CC[C@@]1(c2ccc(-c3cccc(C#N)c3)s2)CC(=O)N(C)C(N)=N1. The number of benzene rings is 1. The van der Waals surface area contributed by atoms with Crippen LogP contribution in [0.2, 0.25) is 0 Å². The molecular formula is C18H18N4OS. The van der Waals surface area contributed by atoms with Gasteiger partial charge in [0.2, 0.25) is 5.91 Å². The van der Waals surface area contributed by atoms with Crippen molar-refractivity contribution in [3.8, 4) is 16.5 Å². The molecule has 0 spiro atoms. The molecule has 2 aromatic rings. The predicted octanol–water partition coefficient (Wildman–Crippen LogP) is 3.07. The van der Waals surface area contributed by atoms with Crippen molar-refractivity contribution in [1.29, 1.82) is 5.26 Å². The van der Waals surface area contributed by atoms with E-state index in [1.807, 2.05) is 37.3 Å². The van der Waals surface area contributed by atoms with E-state index in [-0.39, 0.29) is 11.9 Å². The molecule has 6 heteroatoms. The van der Waals surface area contributed by atoms with Gasteiger partial charge in [0.25, 0.3) is 0 Å². The van der Waals surface area contributed by atoms with Crippen LogP contribution in [-0.2, 0) is 10.3 Å². The van der Waals surface area contributed by atoms with Crippen LogP contribution in [0.4, 0.5) is 0 Å². The molecule has 0 radical (unpaired) electrons. The van der Waals surface area contributed by atoms with Gasteiger partial charge in [0.05, 0.1) is 18.1 Å². The van der Waals surface area contributed by atoms with Gasteiger partial charge in [-0.15, -0.1) is 11.3 Å². The second-order valence-electron chi connectivity index (χ2n) is 5.84. The summed E-state index contributed by atoms with van der Waals surface area (Å²) in [5, 5.41) is 9.06. The minimum atomic E-state index is -0.594. The molecule has 0 saturated heterocycles. The van der Waals surface area contributed by atoms with Crippen molar-refractivity contribution in [3.05, 3.63) is 46.8 Å². The molecule has 24 heavy (non-hydrogen) atoms. The van der Waals surface area contributed by atoms with Crippen molar-refractivity contribution in [2.75, 3.05) is 7.05 Å². The van der Waals surface area contributed by atoms with Gasteiger partial charge in [-0.25, -0.2) is 4.99 Å². The fourth-order valence-electron chi connectivity index (χ4n) is 2.84. The van der Waals surface area contributed by atoms with E-state index in [0.717, 1.165) is 15.3 Å². The summed E-state index contributed by atoms with van der Waals surface area (Å²) in [7, 11) is 1.65. The Hall–Kier alpha value is -2.65. The Morgan fingerprint density at radius 2 is 2.21 bits per heavy atom. The zero-order valence-corrected chi connectivity index (χ0v) is 14.4. The Balaban J connectivity index is 2.03. The normalized spacial score (nSPS) is 20.6. The maximum absolute atomic E-state index is 12.2. The summed E-state index contributed by atoms with van der Waals surface area (Å²) in [6, 6.07) is 13.7. The van der Waals surface area contributed by atoms with Crippen LogP contribution >= 0.6 is 11.3 Å². The van der Waals surface area contributed by atoms with Crippen molar-refractivity contribution in [3.63, 3.8) is 0 Å². The van der Waals surface area contributed by atoms with Crippen LogP contribution in [0.25, 0.3) is 10.4 Å². The van der Waals surface area contributed by atoms with E-state index in [4.69, 9.17) is 11.0 Å². The number of hydrogen-bond donors (Lipinski definition) is 1. The molecule has 1 aliphatic heterocycles. The highest BCUT2D eigenvalue weighted by atomic mass is 32.1. The molecule has 1 aliphatic rings. The zero-order chi connectivity index (χ0) is 17.3. The molecule has 1 amide bonds. The van der Waals surface area contributed by atoms with Gasteiger partial charge in [-0.1, -0.05) is 19.1 Å². The monoisotopic (exact) mass is 338 g/mol. The third kappa shape index (κ3) is 2.68. The number of rotatable bonds is 3. The van der Waals surface area contributed by atoms with Crippen LogP contribution in [-0.4, -0.2) is 23.8 Å². The van der Waals surface area contributed by atoms with Crippen molar-refractivity contribution in [2.45, 2.75) is 25.3 Å². The summed E-state index contributed by atoms with van der Waals surface area (Å²) < 4.78 is 0. The quantitative estimate of drug-likeness (QED) is 0.933. The largest absolute Gasteiger partial charge is 0.369 e. The first-order valence-corrected chi connectivity index (χ1v) is 8.53. The van der Waals surface area contributed by atoms with E-state index in [9.17, 15) is 4.79 Å². The second kappa shape index (κ2) is 6.10. The maximum Gasteiger partial charge on any atom is 0.231 e. The maximum atomic E-state index is 12.2. The Bertz CT molecular complexity index is 864. The van der Waals surface area contributed by atoms with E-state index < -0.39 is 5.54 Å². The molecule has 0 unspecified atom stereocenters. The molecule has 0 saturated carbocycles. The summed E-state index contributed by atoms with van der Waals surface area (Å²) >= 11 is 1.60. The van der Waals surface area contributed by atoms with E-state index in [1.54, 1.807) is 24.5 Å². The van der Waals surface area contributed by atoms with Gasteiger partial charge < -0.3 is 5.73 Å². The lowest BCUT2D eigenvalue weighted by Crippen LogP contribution is -2.48. The van der Waals surface area contributed by atoms with Gasteiger partial charge in [0, 0.05) is 16.8 Å². The number of carbonyl (C=O) groups excluding carboxylic acids is 1. The third-order valence-electron chi connectivity index (χ3n) is 4.42. The lowest BCUT2D eigenvalue weighted by atomic mass is 9.89. The molecule has 0 bridgehead atoms. The molecule has 5 nitrogen and oxygen atoms in total. The van der Waals surface area contributed by atoms with E-state index in [0.29, 0.717) is 18.4 Å². The first-order valence-electron chi connectivity index (χ1n) is 7.72. The standard InChI is InChI=1S/C18H18N4OS/c1-3-18(10-16(23)22(2)17(20)21-18)15-8-7-14(24-15)13-6-4-5-12(9-13)11-19/h4-9H,3,10H2,1-2H3,(H2,20,21)/t18-/m0/s1. The fourth-order valence-corrected chi connectivity index (χ4v) is 4.04. The molecule has 2 heterocycles. The summed E-state index contributed by atoms with van der Waals surface area (Å²) in [6.07, 6.45) is 1.02. The number of guanidine groups is 1. The molecule has 3 rings (SSSR count). The van der Waals surface area contributed by atoms with Gasteiger partial charge in [-0.2, -0.15) is 5.26 Å². The van der Waals surface area contributed by atoms with Gasteiger partial charge in [0.1, 0.15) is 5.54 Å². The lowest BCUT2D eigenvalue weighted by molar-refractivity contribution is -0.128. The number of nitrogens with two attached hydrogens (primary N) is 1. The average Bonchev–Trinajstić information content (AvgIpc) is 3.10. The third-order valence-corrected chi connectivity index (χ3v) is 5.74. The predicted molar refractivity (Wildman–Crippen MR) is 95.4 cm³/mol. The average molecular weight is 338 g/mol. The molecule has 122 valence electrons. The molecule has 1 aromatic carbocycles. The second-order valence-corrected chi connectivity index (χ2v) is 6.92. The summed E-state index contributed by atoms with van der Waals surface area (Å²) in [5.41, 5.74) is 6.97. The first-order chi connectivity index (χ1) is 11.5. The number of nitrogens with zero attached hydrogens (tertiary/aromatic N) is 3. The number of nitriles is 1. The highest BCUT2D eigenvalue weighted by Crippen LogP contribution is 2.42. The minimum Gasteiger partial charge on any atom is -0.369 e. The topological polar surface area (TPSA) is 82.5 Å². The van der Waals surface area contributed by atoms with Crippen LogP contribution in [0.5, 0.6) is 0 Å². The Labute approximate surface area is 145 Å². The Kier molecular flexibility index (Phi) is 4.12. The summed E-state index contributed by atoms with van der Waals surface area (Å²) in [6.45, 7) is 2.02. The van der Waals surface area contributed by atoms with E-state index in [1.165, 1.54) is 4.90 Å². The van der Waals surface area contributed by atoms with Gasteiger partial charge in [-0.3, -0.25) is 9.69 Å². The number of aliphatic imine (C=N–C) groups is 1. The fraction of sp³-hybridized carbons (Fsp3) is 0.278. The molecule has 1 atom stereocenters. The van der Waals surface area contributed by atoms with E-state index >= 15 is 0 Å². The van der Waals surface area contributed by atoms with Crippen molar-refractivity contribution < 1.29 is 4.79 Å². The highest BCUT2D eigenvalue weighted by molar-refractivity contribution is 7.15. The number of thiophene rings is 1. The van der Waals surface area contributed by atoms with Crippen molar-refractivity contribution >= 4 is 23.2 Å². The Morgan fingerprint density at radius 1 is 1.42 bits per heavy atom. The molecule has 0 aliphatic carbocycles. The van der Waals surface area contributed by atoms with Gasteiger partial charge in [0.15, 0.2) is 5.96 Å². The molecule has 1 aromatic heterocycles. The molecular weight excluding hydrogens is 320 g/mol. The van der Waals surface area contributed by atoms with Crippen molar-refractivity contribution in [2.24, 2.45) is 10.7 Å². The van der Waals surface area contributed by atoms with Crippen LogP contribution in [0, 0.1) is 11.3 Å². The van der Waals surface area contributed by atoms with Crippen molar-refractivity contribution in [1.82, 2.24) is 4.90 Å². The summed E-state index contributed by atoms with van der Waals surface area (Å²) in [5.74, 6) is 0.236. The van der Waals surface area contributed by atoms with Gasteiger partial charge in [-0.05, 0) is 36.2 Å². The molecule has 0 fully saturated rings. The molecule has 2 N–H and O–H groups in total. The number of hydrogen-bond acceptors (Lipinski definition) is 5. The van der Waals surface area contributed by atoms with Gasteiger partial charge >= 0.3 is 0 Å². The lowest BCUT2D eigenvalue weighted by Gasteiger charge is -2.34. The van der Waals surface area contributed by atoms with Crippen LogP contribution < -0.4 is 5.73 Å². The van der Waals surface area contributed by atoms with Crippen LogP contribution in [0.1, 0.15) is 30.2 Å². The van der Waals surface area contributed by atoms with E-state index in [2.05, 4.69) is 11.1 Å². The Morgan fingerprint density at radius 3 is 2.88 bits per heavy atom.